The van der Waals surface area contributed by atoms with Crippen molar-refractivity contribution in [3.05, 3.63) is 30.0 Å². The van der Waals surface area contributed by atoms with Gasteiger partial charge in [0.15, 0.2) is 0 Å². The Kier molecular flexibility index (Phi) is 6.92. The molecule has 0 spiro atoms. The third-order valence-electron chi connectivity index (χ3n) is 5.43. The van der Waals surface area contributed by atoms with Gasteiger partial charge in [0.2, 0.25) is 6.29 Å². The van der Waals surface area contributed by atoms with E-state index in [1.54, 1.807) is 12.1 Å². The van der Waals surface area contributed by atoms with Crippen LogP contribution in [0.5, 0.6) is 5.75 Å². The van der Waals surface area contributed by atoms with Crippen LogP contribution in [0.25, 0.3) is 10.9 Å². The van der Waals surface area contributed by atoms with Gasteiger partial charge in [-0.3, -0.25) is 0 Å². The molecule has 1 aliphatic rings. The van der Waals surface area contributed by atoms with Crippen LogP contribution in [0.1, 0.15) is 19.4 Å². The number of benzene rings is 1. The maximum atomic E-state index is 10.1. The molecule has 2 heterocycles. The van der Waals surface area contributed by atoms with Crippen LogP contribution in [0, 0.1) is 0 Å². The number of aromatic nitrogens is 1. The molecule has 0 bridgehead atoms. The fraction of sp³-hybridized carbons (Fsp3) is 0.600. The first-order chi connectivity index (χ1) is 13.5. The average molecular weight is 394 g/mol. The molecule has 8 heteroatoms. The van der Waals surface area contributed by atoms with Crippen molar-refractivity contribution in [2.45, 2.75) is 51.0 Å². The van der Waals surface area contributed by atoms with E-state index in [1.807, 2.05) is 12.3 Å². The van der Waals surface area contributed by atoms with Crippen LogP contribution >= 0.6 is 0 Å². The molecule has 5 unspecified atom stereocenters. The smallest absolute Gasteiger partial charge is 0.229 e. The summed E-state index contributed by atoms with van der Waals surface area (Å²) in [5, 5.41) is 40.2. The second-order valence-corrected chi connectivity index (χ2v) is 7.11. The van der Waals surface area contributed by atoms with Gasteiger partial charge in [-0.05, 0) is 37.2 Å². The van der Waals surface area contributed by atoms with Gasteiger partial charge in [-0.15, -0.1) is 0 Å². The molecule has 1 fully saturated rings. The predicted octanol–water partition coefficient (Wildman–Crippen LogP) is 0.231. The molecule has 0 amide bonds. The minimum Gasteiger partial charge on any atom is -0.462 e. The number of hydrogen-bond donors (Lipinski definition) is 5. The van der Waals surface area contributed by atoms with Crippen LogP contribution in [0.15, 0.2) is 24.4 Å². The summed E-state index contributed by atoms with van der Waals surface area (Å²) in [7, 11) is 0. The fourth-order valence-electron chi connectivity index (χ4n) is 3.56. The van der Waals surface area contributed by atoms with Gasteiger partial charge >= 0.3 is 0 Å². The topological polar surface area (TPSA) is 118 Å². The Hall–Kier alpha value is -1.68. The zero-order chi connectivity index (χ0) is 20.3. The van der Waals surface area contributed by atoms with Crippen molar-refractivity contribution in [2.24, 2.45) is 0 Å². The summed E-state index contributed by atoms with van der Waals surface area (Å²) in [6.07, 6.45) is -3.55. The summed E-state index contributed by atoms with van der Waals surface area (Å²) < 4.78 is 11.1. The standard InChI is InChI=1S/C20H30N2O6/c1-3-22(4-2)8-7-12-10-21-15-9-13(5-6-14(12)15)27-20-19(26)18(25)17(24)16(11-23)28-20/h5-6,9-10,16-21,23-26H,3-4,7-8,11H2,1-2H3. The van der Waals surface area contributed by atoms with E-state index in [2.05, 4.69) is 23.7 Å². The van der Waals surface area contributed by atoms with Crippen LogP contribution in [0.4, 0.5) is 0 Å². The van der Waals surface area contributed by atoms with Crippen molar-refractivity contribution in [3.8, 4) is 5.75 Å². The lowest BCUT2D eigenvalue weighted by Crippen LogP contribution is -2.60. The molecular formula is C20H30N2O6. The Morgan fingerprint density at radius 3 is 2.54 bits per heavy atom. The van der Waals surface area contributed by atoms with Crippen molar-refractivity contribution in [2.75, 3.05) is 26.2 Å². The van der Waals surface area contributed by atoms with Gasteiger partial charge < -0.3 is 39.8 Å². The van der Waals surface area contributed by atoms with Crippen molar-refractivity contribution in [1.82, 2.24) is 9.88 Å². The van der Waals surface area contributed by atoms with Crippen LogP contribution in [-0.4, -0.2) is 87.3 Å². The van der Waals surface area contributed by atoms with Gasteiger partial charge in [-0.25, -0.2) is 0 Å². The van der Waals surface area contributed by atoms with E-state index >= 15 is 0 Å². The molecule has 2 aromatic rings. The summed E-state index contributed by atoms with van der Waals surface area (Å²) in [5.74, 6) is 0.453. The molecule has 0 aliphatic carbocycles. The number of nitrogens with zero attached hydrogens (tertiary/aromatic N) is 1. The maximum Gasteiger partial charge on any atom is 0.229 e. The molecule has 3 rings (SSSR count). The van der Waals surface area contributed by atoms with Crippen molar-refractivity contribution in [3.63, 3.8) is 0 Å². The van der Waals surface area contributed by atoms with E-state index < -0.39 is 37.3 Å². The third kappa shape index (κ3) is 4.32. The summed E-state index contributed by atoms with van der Waals surface area (Å²) in [6, 6.07) is 5.53. The van der Waals surface area contributed by atoms with E-state index in [4.69, 9.17) is 9.47 Å². The van der Waals surface area contributed by atoms with Crippen LogP contribution in [0.3, 0.4) is 0 Å². The SMILES string of the molecule is CCN(CC)CCc1c[nH]c2cc(OC3OC(CO)C(O)C(O)C3O)ccc12. The Morgan fingerprint density at radius 2 is 1.86 bits per heavy atom. The molecule has 0 radical (unpaired) electrons. The molecule has 1 aromatic heterocycles. The summed E-state index contributed by atoms with van der Waals surface area (Å²) in [4.78, 5) is 5.61. The highest BCUT2D eigenvalue weighted by Crippen LogP contribution is 2.28. The number of fused-ring (bicyclic) bond motifs is 1. The average Bonchev–Trinajstić information content (AvgIpc) is 3.11. The third-order valence-corrected chi connectivity index (χ3v) is 5.43. The number of nitrogens with one attached hydrogen (secondary N) is 1. The normalized spacial score (nSPS) is 28.2. The number of ether oxygens (including phenoxy) is 2. The van der Waals surface area contributed by atoms with Gasteiger partial charge in [0.05, 0.1) is 6.61 Å². The van der Waals surface area contributed by atoms with E-state index in [0.29, 0.717) is 5.75 Å². The molecular weight excluding hydrogens is 364 g/mol. The monoisotopic (exact) mass is 394 g/mol. The summed E-state index contributed by atoms with van der Waals surface area (Å²) >= 11 is 0. The second kappa shape index (κ2) is 9.21. The molecule has 5 N–H and O–H groups in total. The lowest BCUT2D eigenvalue weighted by molar-refractivity contribution is -0.277. The summed E-state index contributed by atoms with van der Waals surface area (Å²) in [5.41, 5.74) is 2.12. The maximum absolute atomic E-state index is 10.1. The van der Waals surface area contributed by atoms with E-state index in [-0.39, 0.29) is 0 Å². The van der Waals surface area contributed by atoms with Crippen LogP contribution in [-0.2, 0) is 11.2 Å². The first kappa shape index (κ1) is 21.0. The number of likely N-dealkylation sites (N-methyl/N-ethyl adjacent to an activating group) is 1. The molecule has 1 saturated heterocycles. The first-order valence-corrected chi connectivity index (χ1v) is 9.78. The highest BCUT2D eigenvalue weighted by Gasteiger charge is 2.44. The lowest BCUT2D eigenvalue weighted by Gasteiger charge is -2.39. The zero-order valence-corrected chi connectivity index (χ0v) is 16.3. The molecule has 28 heavy (non-hydrogen) atoms. The molecule has 1 aromatic carbocycles. The van der Waals surface area contributed by atoms with Gasteiger partial charge in [0.25, 0.3) is 0 Å². The quantitative estimate of drug-likeness (QED) is 0.435. The highest BCUT2D eigenvalue weighted by molar-refractivity contribution is 5.84. The predicted molar refractivity (Wildman–Crippen MR) is 104 cm³/mol. The Morgan fingerprint density at radius 1 is 1.11 bits per heavy atom. The van der Waals surface area contributed by atoms with Crippen molar-refractivity contribution < 1.29 is 29.9 Å². The van der Waals surface area contributed by atoms with E-state index in [1.165, 1.54) is 5.56 Å². The number of hydrogen-bond acceptors (Lipinski definition) is 7. The molecule has 8 nitrogen and oxygen atoms in total. The summed E-state index contributed by atoms with van der Waals surface area (Å²) in [6.45, 7) is 6.86. The van der Waals surface area contributed by atoms with Gasteiger partial charge in [-0.1, -0.05) is 13.8 Å². The van der Waals surface area contributed by atoms with E-state index in [0.717, 1.165) is 37.0 Å². The number of aliphatic hydroxyl groups is 4. The van der Waals surface area contributed by atoms with Gasteiger partial charge in [0, 0.05) is 29.7 Å². The van der Waals surface area contributed by atoms with Gasteiger partial charge in [-0.2, -0.15) is 0 Å². The van der Waals surface area contributed by atoms with Crippen molar-refractivity contribution in [1.29, 1.82) is 0 Å². The number of H-pyrrole nitrogens is 1. The molecule has 0 saturated carbocycles. The number of aromatic amines is 1. The van der Waals surface area contributed by atoms with Gasteiger partial charge in [0.1, 0.15) is 30.2 Å². The number of rotatable bonds is 8. The number of aliphatic hydroxyl groups excluding tert-OH is 4. The van der Waals surface area contributed by atoms with E-state index in [9.17, 15) is 20.4 Å². The molecule has 5 atom stereocenters. The first-order valence-electron chi connectivity index (χ1n) is 9.78. The second-order valence-electron chi connectivity index (χ2n) is 7.11. The van der Waals surface area contributed by atoms with Crippen LogP contribution in [0.2, 0.25) is 0 Å². The Balaban J connectivity index is 1.71. The lowest BCUT2D eigenvalue weighted by atomic mass is 9.99. The van der Waals surface area contributed by atoms with Crippen molar-refractivity contribution >= 4 is 10.9 Å². The molecule has 1 aliphatic heterocycles. The largest absolute Gasteiger partial charge is 0.462 e. The minimum atomic E-state index is -1.46. The fourth-order valence-corrected chi connectivity index (χ4v) is 3.56. The van der Waals surface area contributed by atoms with Crippen LogP contribution < -0.4 is 4.74 Å². The highest BCUT2D eigenvalue weighted by atomic mass is 16.7. The Bertz CT molecular complexity index is 760. The Labute approximate surface area is 164 Å². The molecule has 156 valence electrons. The zero-order valence-electron chi connectivity index (χ0n) is 16.3. The minimum absolute atomic E-state index is 0.453.